The summed E-state index contributed by atoms with van der Waals surface area (Å²) in [6.07, 6.45) is 3.50. The predicted molar refractivity (Wildman–Crippen MR) is 90.8 cm³/mol. The Bertz CT molecular complexity index is 525. The van der Waals surface area contributed by atoms with Crippen LogP contribution in [0.15, 0.2) is 18.2 Å². The van der Waals surface area contributed by atoms with Crippen molar-refractivity contribution in [1.82, 2.24) is 4.90 Å². The number of hydrogen-bond acceptors (Lipinski definition) is 3. The Labute approximate surface area is 142 Å². The molecule has 5 heteroatoms. The number of carbonyl (C=O) groups excluding carboxylic acids is 1. The van der Waals surface area contributed by atoms with Gasteiger partial charge in [-0.1, -0.05) is 29.6 Å². The Hall–Kier alpha value is -0.770. The number of likely N-dealkylation sites (tertiary alicyclic amines) is 1. The number of carbonyl (C=O) groups is 1. The van der Waals surface area contributed by atoms with Crippen molar-refractivity contribution in [3.05, 3.63) is 33.8 Å². The first-order valence-corrected chi connectivity index (χ1v) is 8.56. The molecular weight excluding hydrogens is 321 g/mol. The second-order valence-electron chi connectivity index (χ2n) is 6.17. The van der Waals surface area contributed by atoms with E-state index < -0.39 is 5.97 Å². The molecule has 3 nitrogen and oxygen atoms in total. The van der Waals surface area contributed by atoms with Gasteiger partial charge in [0.1, 0.15) is 6.10 Å². The molecular formula is C17H23Cl2NO2. The van der Waals surface area contributed by atoms with Crippen LogP contribution in [0.4, 0.5) is 0 Å². The van der Waals surface area contributed by atoms with Crippen LogP contribution in [0.1, 0.15) is 50.4 Å². The minimum Gasteiger partial charge on any atom is -0.458 e. The van der Waals surface area contributed by atoms with Crippen LogP contribution in [-0.2, 0) is 4.74 Å². The van der Waals surface area contributed by atoms with Crippen molar-refractivity contribution in [3.8, 4) is 0 Å². The average molecular weight is 344 g/mol. The van der Waals surface area contributed by atoms with E-state index in [-0.39, 0.29) is 6.10 Å². The van der Waals surface area contributed by atoms with Gasteiger partial charge in [0, 0.05) is 23.7 Å². The maximum absolute atomic E-state index is 12.2. The fourth-order valence-corrected chi connectivity index (χ4v) is 3.56. The van der Waals surface area contributed by atoms with Crippen LogP contribution in [0.2, 0.25) is 10.0 Å². The number of ether oxygens (including phenoxy) is 1. The van der Waals surface area contributed by atoms with E-state index in [9.17, 15) is 4.79 Å². The Balaban J connectivity index is 1.96. The number of hydrogen-bond donors (Lipinski definition) is 0. The third-order valence-electron chi connectivity index (χ3n) is 4.30. The fraction of sp³-hybridized carbons (Fsp3) is 0.588. The molecule has 0 N–H and O–H groups in total. The van der Waals surface area contributed by atoms with Crippen molar-refractivity contribution in [1.29, 1.82) is 0 Å². The molecule has 0 amide bonds. The number of halogens is 2. The van der Waals surface area contributed by atoms with Crippen LogP contribution >= 0.6 is 23.2 Å². The summed E-state index contributed by atoms with van der Waals surface area (Å²) in [6, 6.07) is 5.86. The summed E-state index contributed by atoms with van der Waals surface area (Å²) in [6.45, 7) is 7.15. The second-order valence-corrected chi connectivity index (χ2v) is 7.01. The molecule has 22 heavy (non-hydrogen) atoms. The molecule has 0 bridgehead atoms. The molecule has 1 aromatic rings. The molecule has 1 aliphatic heterocycles. The van der Waals surface area contributed by atoms with E-state index in [1.54, 1.807) is 18.2 Å². The summed E-state index contributed by atoms with van der Waals surface area (Å²) in [5.74, 6) is -0.397. The van der Waals surface area contributed by atoms with Gasteiger partial charge in [0.05, 0.1) is 10.6 Å². The maximum atomic E-state index is 12.2. The van der Waals surface area contributed by atoms with E-state index in [1.807, 2.05) is 6.92 Å². The van der Waals surface area contributed by atoms with E-state index in [0.29, 0.717) is 27.7 Å². The smallest absolute Gasteiger partial charge is 0.339 e. The molecule has 1 saturated heterocycles. The summed E-state index contributed by atoms with van der Waals surface area (Å²) in [4.78, 5) is 14.6. The highest BCUT2D eigenvalue weighted by Crippen LogP contribution is 2.24. The van der Waals surface area contributed by atoms with Crippen molar-refractivity contribution in [2.75, 3.05) is 6.54 Å². The lowest BCUT2D eigenvalue weighted by atomic mass is 9.97. The summed E-state index contributed by atoms with van der Waals surface area (Å²) in [7, 11) is 0. The van der Waals surface area contributed by atoms with Gasteiger partial charge in [-0.05, 0) is 51.8 Å². The van der Waals surface area contributed by atoms with Gasteiger partial charge in [0.2, 0.25) is 0 Å². The number of nitrogens with zero attached hydrogens (tertiary/aromatic N) is 1. The van der Waals surface area contributed by atoms with Gasteiger partial charge >= 0.3 is 5.97 Å². The van der Waals surface area contributed by atoms with Crippen LogP contribution in [0.5, 0.6) is 0 Å². The normalized spacial score (nSPS) is 24.0. The van der Waals surface area contributed by atoms with Crippen molar-refractivity contribution >= 4 is 29.2 Å². The zero-order chi connectivity index (χ0) is 16.3. The van der Waals surface area contributed by atoms with E-state index in [0.717, 1.165) is 6.54 Å². The molecule has 0 unspecified atom stereocenters. The fourth-order valence-electron chi connectivity index (χ4n) is 3.07. The van der Waals surface area contributed by atoms with Crippen molar-refractivity contribution < 1.29 is 9.53 Å². The SMILES string of the molecule is C[C@H](CN1[C@H](C)CCC[C@@H]1C)OC(=O)c1ccc(Cl)cc1Cl. The molecule has 0 radical (unpaired) electrons. The third-order valence-corrected chi connectivity index (χ3v) is 4.85. The van der Waals surface area contributed by atoms with Crippen LogP contribution in [0.3, 0.4) is 0 Å². The molecule has 1 fully saturated rings. The molecule has 1 aliphatic rings. The first kappa shape index (κ1) is 17.6. The van der Waals surface area contributed by atoms with Gasteiger partial charge in [-0.15, -0.1) is 0 Å². The van der Waals surface area contributed by atoms with E-state index in [1.165, 1.54) is 19.3 Å². The van der Waals surface area contributed by atoms with Gasteiger partial charge in [0.15, 0.2) is 0 Å². The minimum absolute atomic E-state index is 0.178. The first-order valence-electron chi connectivity index (χ1n) is 7.80. The topological polar surface area (TPSA) is 29.5 Å². The van der Waals surface area contributed by atoms with E-state index in [4.69, 9.17) is 27.9 Å². The Morgan fingerprint density at radius 1 is 1.32 bits per heavy atom. The van der Waals surface area contributed by atoms with Gasteiger partial charge in [0.25, 0.3) is 0 Å². The molecule has 2 rings (SSSR count). The molecule has 1 heterocycles. The zero-order valence-corrected chi connectivity index (χ0v) is 14.8. The highest BCUT2D eigenvalue weighted by molar-refractivity contribution is 6.36. The number of esters is 1. The molecule has 0 aliphatic carbocycles. The Kier molecular flexibility index (Phi) is 6.13. The standard InChI is InChI=1S/C17H23Cl2NO2/c1-11-5-4-6-12(2)20(11)10-13(3)22-17(21)15-8-7-14(18)9-16(15)19/h7-9,11-13H,4-6,10H2,1-3H3/t11-,12+,13-/m1/s1. The molecule has 0 saturated carbocycles. The maximum Gasteiger partial charge on any atom is 0.339 e. The quantitative estimate of drug-likeness (QED) is 0.735. The van der Waals surface area contributed by atoms with Gasteiger partial charge in [-0.25, -0.2) is 4.79 Å². The molecule has 0 aromatic heterocycles. The van der Waals surface area contributed by atoms with E-state index in [2.05, 4.69) is 18.7 Å². The zero-order valence-electron chi connectivity index (χ0n) is 13.3. The first-order chi connectivity index (χ1) is 10.4. The lowest BCUT2D eigenvalue weighted by Crippen LogP contribution is -2.47. The monoisotopic (exact) mass is 343 g/mol. The second kappa shape index (κ2) is 7.67. The van der Waals surface area contributed by atoms with Gasteiger partial charge in [-0.2, -0.15) is 0 Å². The predicted octanol–water partition coefficient (Wildman–Crippen LogP) is 4.80. The largest absolute Gasteiger partial charge is 0.458 e. The van der Waals surface area contributed by atoms with Crippen molar-refractivity contribution in [2.24, 2.45) is 0 Å². The number of piperidine rings is 1. The van der Waals surface area contributed by atoms with Gasteiger partial charge < -0.3 is 4.74 Å². The average Bonchev–Trinajstić information content (AvgIpc) is 2.42. The molecule has 0 spiro atoms. The highest BCUT2D eigenvalue weighted by Gasteiger charge is 2.27. The summed E-state index contributed by atoms with van der Waals surface area (Å²) < 4.78 is 5.55. The summed E-state index contributed by atoms with van der Waals surface area (Å²) >= 11 is 11.9. The number of rotatable bonds is 4. The van der Waals surface area contributed by atoms with Gasteiger partial charge in [-0.3, -0.25) is 4.90 Å². The van der Waals surface area contributed by atoms with Crippen LogP contribution < -0.4 is 0 Å². The van der Waals surface area contributed by atoms with Crippen LogP contribution in [-0.4, -0.2) is 35.6 Å². The van der Waals surface area contributed by atoms with Crippen LogP contribution in [0, 0.1) is 0 Å². The Morgan fingerprint density at radius 3 is 2.55 bits per heavy atom. The third kappa shape index (κ3) is 4.37. The Morgan fingerprint density at radius 2 is 1.95 bits per heavy atom. The van der Waals surface area contributed by atoms with Crippen molar-refractivity contribution in [3.63, 3.8) is 0 Å². The van der Waals surface area contributed by atoms with E-state index >= 15 is 0 Å². The summed E-state index contributed by atoms with van der Waals surface area (Å²) in [5.41, 5.74) is 0.359. The molecule has 1 aromatic carbocycles. The number of benzene rings is 1. The lowest BCUT2D eigenvalue weighted by Gasteiger charge is -2.40. The molecule has 3 atom stereocenters. The minimum atomic E-state index is -0.397. The highest BCUT2D eigenvalue weighted by atomic mass is 35.5. The summed E-state index contributed by atoms with van der Waals surface area (Å²) in [5, 5.41) is 0.829. The lowest BCUT2D eigenvalue weighted by molar-refractivity contribution is 0.00813. The van der Waals surface area contributed by atoms with Crippen LogP contribution in [0.25, 0.3) is 0 Å². The molecule has 122 valence electrons. The van der Waals surface area contributed by atoms with Crippen molar-refractivity contribution in [2.45, 2.75) is 58.2 Å².